The van der Waals surface area contributed by atoms with Crippen molar-refractivity contribution in [1.29, 1.82) is 0 Å². The molecule has 0 aliphatic carbocycles. The Labute approximate surface area is 139 Å². The van der Waals surface area contributed by atoms with Crippen LogP contribution in [0, 0.1) is 0 Å². The van der Waals surface area contributed by atoms with Crippen LogP contribution in [0.5, 0.6) is 0 Å². The van der Waals surface area contributed by atoms with Gasteiger partial charge in [-0.25, -0.2) is 13.2 Å². The number of Topliss-reactive ketones (excluding diaryl/α,β-unsaturated/α-hetero) is 1. The number of benzene rings is 1. The Kier molecular flexibility index (Phi) is 6.04. The second-order valence-electron chi connectivity index (χ2n) is 4.89. The van der Waals surface area contributed by atoms with Crippen LogP contribution in [0.25, 0.3) is 0 Å². The maximum atomic E-state index is 12.3. The van der Waals surface area contributed by atoms with E-state index in [4.69, 9.17) is 4.74 Å². The first-order chi connectivity index (χ1) is 10.7. The summed E-state index contributed by atoms with van der Waals surface area (Å²) in [7, 11) is -4.21. The fraction of sp³-hybridized carbons (Fsp3) is 0.357. The van der Waals surface area contributed by atoms with Gasteiger partial charge in [0.25, 0.3) is 0 Å². The number of hydrogen-bond donors (Lipinski definition) is 3. The van der Waals surface area contributed by atoms with Gasteiger partial charge in [0.1, 0.15) is 18.7 Å². The summed E-state index contributed by atoms with van der Waals surface area (Å²) in [6.07, 6.45) is -1.03. The van der Waals surface area contributed by atoms with Crippen molar-refractivity contribution in [2.24, 2.45) is 0 Å². The number of hydrogen-bond acceptors (Lipinski definition) is 6. The Hall–Kier alpha value is -2.46. The van der Waals surface area contributed by atoms with Gasteiger partial charge in [-0.15, -0.1) is 0 Å². The Morgan fingerprint density at radius 2 is 1.96 bits per heavy atom. The van der Waals surface area contributed by atoms with Crippen molar-refractivity contribution in [3.8, 4) is 0 Å². The number of aliphatic carboxylic acids is 1. The van der Waals surface area contributed by atoms with Crippen molar-refractivity contribution in [2.45, 2.75) is 37.9 Å². The third-order valence-electron chi connectivity index (χ3n) is 3.17. The summed E-state index contributed by atoms with van der Waals surface area (Å²) < 4.78 is 31.4. The topological polar surface area (TPSA) is 139 Å². The predicted molar refractivity (Wildman–Crippen MR) is 82.7 cm³/mol. The Bertz CT molecular complexity index is 760. The molecule has 1 aromatic rings. The number of sulfonamides is 1. The summed E-state index contributed by atoms with van der Waals surface area (Å²) in [5, 5.41) is 11.3. The summed E-state index contributed by atoms with van der Waals surface area (Å²) in [5.74, 6) is -2.34. The molecule has 2 unspecified atom stereocenters. The quantitative estimate of drug-likeness (QED) is 0.688. The van der Waals surface area contributed by atoms with Gasteiger partial charge in [-0.3, -0.25) is 9.59 Å². The van der Waals surface area contributed by atoms with Crippen molar-refractivity contribution in [3.63, 3.8) is 0 Å². The van der Waals surface area contributed by atoms with Crippen molar-refractivity contribution in [2.75, 3.05) is 0 Å². The van der Waals surface area contributed by atoms with Gasteiger partial charge < -0.3 is 15.2 Å². The van der Waals surface area contributed by atoms with Crippen LogP contribution in [-0.2, 0) is 31.0 Å². The molecule has 0 saturated heterocycles. The van der Waals surface area contributed by atoms with Gasteiger partial charge in [0, 0.05) is 0 Å². The largest absolute Gasteiger partial charge is 0.480 e. The maximum absolute atomic E-state index is 12.3. The van der Waals surface area contributed by atoms with Gasteiger partial charge in [-0.2, -0.15) is 4.72 Å². The standard InChI is InChI=1S/C13H14N2O7S.CH4/c1-7(16)10-11(12(17)18)15-23(20,21)9-4-2-3-8(5-9)6-22-13(19)14-10;/h2-5,10-11,15H,6H2,1H3,(H,14,19)(H,17,18);1H4. The molecule has 1 heterocycles. The number of nitrogens with one attached hydrogen (secondary N) is 2. The van der Waals surface area contributed by atoms with E-state index in [1.54, 1.807) is 6.07 Å². The summed E-state index contributed by atoms with van der Waals surface area (Å²) in [6, 6.07) is 2.02. The highest BCUT2D eigenvalue weighted by Crippen LogP contribution is 2.15. The number of cyclic esters (lactones) is 1. The molecule has 1 aliphatic rings. The fourth-order valence-corrected chi connectivity index (χ4v) is 3.31. The van der Waals surface area contributed by atoms with E-state index in [1.165, 1.54) is 18.2 Å². The SMILES string of the molecule is C.CC(=O)C1NC(=O)OCc2cccc(c2)S(=O)(=O)NC1C(=O)O. The summed E-state index contributed by atoms with van der Waals surface area (Å²) in [4.78, 5) is 34.5. The summed E-state index contributed by atoms with van der Waals surface area (Å²) in [5.41, 5.74) is 0.399. The number of fused-ring (bicyclic) bond motifs is 2. The second-order valence-corrected chi connectivity index (χ2v) is 6.61. The van der Waals surface area contributed by atoms with E-state index in [0.29, 0.717) is 5.56 Å². The van der Waals surface area contributed by atoms with Crippen LogP contribution in [0.15, 0.2) is 29.2 Å². The fourth-order valence-electron chi connectivity index (χ4n) is 2.04. The van der Waals surface area contributed by atoms with Gasteiger partial charge in [0.05, 0.1) is 4.90 Å². The molecule has 0 radical (unpaired) electrons. The number of carboxylic acid groups (broad SMARTS) is 1. The molecule has 0 fully saturated rings. The van der Waals surface area contributed by atoms with E-state index < -0.39 is 40.0 Å². The van der Waals surface area contributed by atoms with E-state index in [0.717, 1.165) is 6.92 Å². The highest BCUT2D eigenvalue weighted by molar-refractivity contribution is 7.89. The van der Waals surface area contributed by atoms with Gasteiger partial charge >= 0.3 is 12.1 Å². The molecule has 0 spiro atoms. The molecule has 1 amide bonds. The van der Waals surface area contributed by atoms with Crippen molar-refractivity contribution < 1.29 is 32.6 Å². The Morgan fingerprint density at radius 3 is 2.54 bits per heavy atom. The first-order valence-electron chi connectivity index (χ1n) is 6.48. The zero-order valence-corrected chi connectivity index (χ0v) is 12.8. The lowest BCUT2D eigenvalue weighted by Gasteiger charge is -2.22. The first-order valence-corrected chi connectivity index (χ1v) is 7.97. The van der Waals surface area contributed by atoms with E-state index in [1.807, 2.05) is 4.72 Å². The zero-order valence-electron chi connectivity index (χ0n) is 12.0. The Morgan fingerprint density at radius 1 is 1.29 bits per heavy atom. The number of amides is 1. The van der Waals surface area contributed by atoms with Crippen LogP contribution in [0.2, 0.25) is 0 Å². The van der Waals surface area contributed by atoms with Crippen LogP contribution in [0.3, 0.4) is 0 Å². The lowest BCUT2D eigenvalue weighted by molar-refractivity contribution is -0.141. The average Bonchev–Trinajstić information content (AvgIpc) is 2.48. The molecule has 2 bridgehead atoms. The van der Waals surface area contributed by atoms with Crippen molar-refractivity contribution in [1.82, 2.24) is 10.0 Å². The molecule has 9 nitrogen and oxygen atoms in total. The number of alkyl carbamates (subject to hydrolysis) is 1. The zero-order chi connectivity index (χ0) is 17.2. The Balaban J connectivity index is 0.00000288. The first kappa shape index (κ1) is 19.6. The lowest BCUT2D eigenvalue weighted by Crippen LogP contribution is -2.58. The monoisotopic (exact) mass is 358 g/mol. The van der Waals surface area contributed by atoms with E-state index in [2.05, 4.69) is 5.32 Å². The lowest BCUT2D eigenvalue weighted by atomic mass is 10.1. The molecule has 132 valence electrons. The molecule has 24 heavy (non-hydrogen) atoms. The molecule has 2 rings (SSSR count). The highest BCUT2D eigenvalue weighted by atomic mass is 32.2. The number of rotatable bonds is 2. The minimum absolute atomic E-state index is 0. The summed E-state index contributed by atoms with van der Waals surface area (Å²) >= 11 is 0. The summed E-state index contributed by atoms with van der Waals surface area (Å²) in [6.45, 7) is 0.812. The van der Waals surface area contributed by atoms with E-state index in [9.17, 15) is 27.9 Å². The van der Waals surface area contributed by atoms with Crippen molar-refractivity contribution >= 4 is 27.9 Å². The smallest absolute Gasteiger partial charge is 0.408 e. The number of carboxylic acids is 1. The number of carbonyl (C=O) groups is 3. The van der Waals surface area contributed by atoms with Crippen LogP contribution in [0.1, 0.15) is 19.9 Å². The molecule has 1 aliphatic heterocycles. The molecular formula is C14H18N2O7S. The number of ketones is 1. The van der Waals surface area contributed by atoms with Crippen molar-refractivity contribution in [3.05, 3.63) is 29.8 Å². The van der Waals surface area contributed by atoms with E-state index >= 15 is 0 Å². The molecule has 3 N–H and O–H groups in total. The molecule has 2 atom stereocenters. The highest BCUT2D eigenvalue weighted by Gasteiger charge is 2.37. The van der Waals surface area contributed by atoms with Crippen LogP contribution in [0.4, 0.5) is 4.79 Å². The third kappa shape index (κ3) is 4.30. The molecule has 10 heteroatoms. The van der Waals surface area contributed by atoms with E-state index in [-0.39, 0.29) is 18.9 Å². The third-order valence-corrected chi connectivity index (χ3v) is 4.61. The minimum atomic E-state index is -4.21. The number of ether oxygens (including phenoxy) is 1. The average molecular weight is 358 g/mol. The van der Waals surface area contributed by atoms with Gasteiger partial charge in [0.2, 0.25) is 10.0 Å². The van der Waals surface area contributed by atoms with Crippen LogP contribution < -0.4 is 10.0 Å². The van der Waals surface area contributed by atoms with Gasteiger partial charge in [-0.1, -0.05) is 19.6 Å². The normalized spacial score (nSPS) is 22.8. The minimum Gasteiger partial charge on any atom is -0.480 e. The molecular weight excluding hydrogens is 340 g/mol. The molecule has 1 aromatic carbocycles. The predicted octanol–water partition coefficient (Wildman–Crippen LogP) is 0.252. The number of carbonyl (C=O) groups excluding carboxylic acids is 2. The van der Waals surface area contributed by atoms with Crippen LogP contribution in [-0.4, -0.2) is 43.5 Å². The van der Waals surface area contributed by atoms with Gasteiger partial charge in [-0.05, 0) is 24.6 Å². The second kappa shape index (κ2) is 7.41. The van der Waals surface area contributed by atoms with Gasteiger partial charge in [0.15, 0.2) is 5.78 Å². The molecule has 0 saturated carbocycles. The molecule has 0 aromatic heterocycles. The maximum Gasteiger partial charge on any atom is 0.408 e. The van der Waals surface area contributed by atoms with Crippen LogP contribution >= 0.6 is 0 Å².